The second-order valence-electron chi connectivity index (χ2n) is 8.56. The van der Waals surface area contributed by atoms with Crippen LogP contribution in [0, 0.1) is 0 Å². The third kappa shape index (κ3) is 4.14. The molecule has 0 fully saturated rings. The van der Waals surface area contributed by atoms with Gasteiger partial charge in [-0.3, -0.25) is 4.79 Å². The third-order valence-corrected chi connectivity index (χ3v) is 6.45. The molecule has 7 heteroatoms. The Morgan fingerprint density at radius 3 is 2.32 bits per heavy atom. The summed E-state index contributed by atoms with van der Waals surface area (Å²) in [5.41, 5.74) is 3.85. The Bertz CT molecular complexity index is 1270. The SMILES string of the molecule is COc1cccc([C@H]2CC(=O)C3=C(C2)Nc2ccccc2N[C@@H]3c2ccc(C(F)(F)F)cc2)c1. The minimum Gasteiger partial charge on any atom is -0.497 e. The van der Waals surface area contributed by atoms with E-state index in [2.05, 4.69) is 10.6 Å². The van der Waals surface area contributed by atoms with Crippen LogP contribution in [0.5, 0.6) is 5.75 Å². The molecule has 5 rings (SSSR count). The number of carbonyl (C=O) groups excluding carboxylic acids is 1. The van der Waals surface area contributed by atoms with Crippen molar-refractivity contribution >= 4 is 17.2 Å². The number of para-hydroxylation sites is 2. The maximum atomic E-state index is 13.5. The van der Waals surface area contributed by atoms with E-state index in [4.69, 9.17) is 4.74 Å². The fourth-order valence-corrected chi connectivity index (χ4v) is 4.74. The quantitative estimate of drug-likeness (QED) is 0.453. The highest BCUT2D eigenvalue weighted by molar-refractivity contribution is 6.01. The van der Waals surface area contributed by atoms with Crippen LogP contribution in [-0.2, 0) is 11.0 Å². The maximum Gasteiger partial charge on any atom is 0.416 e. The summed E-state index contributed by atoms with van der Waals surface area (Å²) in [7, 11) is 1.61. The molecule has 0 amide bonds. The smallest absolute Gasteiger partial charge is 0.416 e. The van der Waals surface area contributed by atoms with Crippen LogP contribution in [0.15, 0.2) is 84.1 Å². The Kier molecular flexibility index (Phi) is 5.55. The van der Waals surface area contributed by atoms with Crippen molar-refractivity contribution in [1.29, 1.82) is 0 Å². The van der Waals surface area contributed by atoms with E-state index in [0.29, 0.717) is 24.0 Å². The molecule has 0 saturated carbocycles. The molecule has 174 valence electrons. The number of hydrogen-bond acceptors (Lipinski definition) is 4. The highest BCUT2D eigenvalue weighted by Gasteiger charge is 2.37. The molecule has 4 nitrogen and oxygen atoms in total. The van der Waals surface area contributed by atoms with Crippen LogP contribution in [-0.4, -0.2) is 12.9 Å². The number of rotatable bonds is 3. The summed E-state index contributed by atoms with van der Waals surface area (Å²) < 4.78 is 44.7. The van der Waals surface area contributed by atoms with Gasteiger partial charge in [-0.1, -0.05) is 36.4 Å². The van der Waals surface area contributed by atoms with E-state index in [9.17, 15) is 18.0 Å². The highest BCUT2D eigenvalue weighted by Crippen LogP contribution is 2.44. The zero-order valence-electron chi connectivity index (χ0n) is 18.4. The highest BCUT2D eigenvalue weighted by atomic mass is 19.4. The van der Waals surface area contributed by atoms with E-state index in [1.54, 1.807) is 7.11 Å². The normalized spacial score (nSPS) is 19.9. The second kappa shape index (κ2) is 8.56. The van der Waals surface area contributed by atoms with Crippen molar-refractivity contribution < 1.29 is 22.7 Å². The summed E-state index contributed by atoms with van der Waals surface area (Å²) >= 11 is 0. The van der Waals surface area contributed by atoms with Gasteiger partial charge in [0.1, 0.15) is 5.75 Å². The van der Waals surface area contributed by atoms with Gasteiger partial charge in [-0.15, -0.1) is 0 Å². The van der Waals surface area contributed by atoms with Gasteiger partial charge in [0, 0.05) is 17.7 Å². The summed E-state index contributed by atoms with van der Waals surface area (Å²) in [5.74, 6) is 0.660. The van der Waals surface area contributed by atoms with Gasteiger partial charge in [0.2, 0.25) is 0 Å². The largest absolute Gasteiger partial charge is 0.497 e. The molecule has 1 heterocycles. The predicted molar refractivity (Wildman–Crippen MR) is 125 cm³/mol. The van der Waals surface area contributed by atoms with E-state index >= 15 is 0 Å². The maximum absolute atomic E-state index is 13.5. The molecule has 2 atom stereocenters. The zero-order chi connectivity index (χ0) is 23.9. The van der Waals surface area contributed by atoms with Gasteiger partial charge in [0.05, 0.1) is 30.1 Å². The lowest BCUT2D eigenvalue weighted by Gasteiger charge is -2.30. The second-order valence-corrected chi connectivity index (χ2v) is 8.56. The number of carbonyl (C=O) groups is 1. The van der Waals surface area contributed by atoms with E-state index in [1.807, 2.05) is 48.5 Å². The number of alkyl halides is 3. The van der Waals surface area contributed by atoms with Gasteiger partial charge < -0.3 is 15.4 Å². The van der Waals surface area contributed by atoms with E-state index in [0.717, 1.165) is 40.5 Å². The van der Waals surface area contributed by atoms with Crippen molar-refractivity contribution in [2.75, 3.05) is 17.7 Å². The number of ketones is 1. The minimum atomic E-state index is -4.42. The average molecular weight is 464 g/mol. The predicted octanol–water partition coefficient (Wildman–Crippen LogP) is 6.69. The van der Waals surface area contributed by atoms with Crippen LogP contribution in [0.25, 0.3) is 0 Å². The van der Waals surface area contributed by atoms with Gasteiger partial charge >= 0.3 is 6.18 Å². The molecule has 34 heavy (non-hydrogen) atoms. The van der Waals surface area contributed by atoms with Crippen LogP contribution in [0.4, 0.5) is 24.5 Å². The lowest BCUT2D eigenvalue weighted by atomic mass is 9.78. The van der Waals surface area contributed by atoms with Crippen molar-refractivity contribution in [1.82, 2.24) is 0 Å². The lowest BCUT2D eigenvalue weighted by molar-refractivity contribution is -0.137. The molecule has 2 aliphatic rings. The van der Waals surface area contributed by atoms with Crippen LogP contribution in [0.3, 0.4) is 0 Å². The first-order valence-electron chi connectivity index (χ1n) is 11.0. The molecule has 0 bridgehead atoms. The van der Waals surface area contributed by atoms with Crippen LogP contribution in [0.1, 0.15) is 41.5 Å². The van der Waals surface area contributed by atoms with E-state index < -0.39 is 17.8 Å². The number of halogens is 3. The van der Waals surface area contributed by atoms with Crippen molar-refractivity contribution in [2.24, 2.45) is 0 Å². The van der Waals surface area contributed by atoms with E-state index in [-0.39, 0.29) is 11.7 Å². The first-order chi connectivity index (χ1) is 16.3. The van der Waals surface area contributed by atoms with Crippen molar-refractivity contribution in [3.05, 3.63) is 101 Å². The number of methoxy groups -OCH3 is 1. The summed E-state index contributed by atoms with van der Waals surface area (Å²) in [5, 5.41) is 6.83. The molecular weight excluding hydrogens is 441 g/mol. The standard InChI is InChI=1S/C27H23F3N2O2/c1-34-20-6-4-5-17(13-20)18-14-23-25(24(33)15-18)26(32-22-8-3-2-7-21(22)31-23)16-9-11-19(12-10-16)27(28,29)30/h2-13,18,26,31-32H,14-15H2,1H3/t18-,26-/m1/s1. The first-order valence-corrected chi connectivity index (χ1v) is 11.0. The van der Waals surface area contributed by atoms with Gasteiger partial charge in [-0.05, 0) is 59.9 Å². The molecular formula is C27H23F3N2O2. The van der Waals surface area contributed by atoms with Gasteiger partial charge in [-0.2, -0.15) is 13.2 Å². The van der Waals surface area contributed by atoms with Crippen LogP contribution >= 0.6 is 0 Å². The zero-order valence-corrected chi connectivity index (χ0v) is 18.4. The number of anilines is 2. The minimum absolute atomic E-state index is 0.0348. The van der Waals surface area contributed by atoms with Crippen LogP contribution < -0.4 is 15.4 Å². The fourth-order valence-electron chi connectivity index (χ4n) is 4.74. The van der Waals surface area contributed by atoms with E-state index in [1.165, 1.54) is 12.1 Å². The molecule has 0 saturated heterocycles. The Labute approximate surface area is 195 Å². The van der Waals surface area contributed by atoms with Crippen LogP contribution in [0.2, 0.25) is 0 Å². The monoisotopic (exact) mass is 464 g/mol. The Morgan fingerprint density at radius 2 is 1.62 bits per heavy atom. The number of hydrogen-bond donors (Lipinski definition) is 2. The molecule has 3 aromatic carbocycles. The molecule has 0 spiro atoms. The number of nitrogens with one attached hydrogen (secondary N) is 2. The number of ether oxygens (including phenoxy) is 1. The summed E-state index contributed by atoms with van der Waals surface area (Å²) in [6.07, 6.45) is -3.51. The lowest BCUT2D eigenvalue weighted by Crippen LogP contribution is -2.27. The Morgan fingerprint density at radius 1 is 0.882 bits per heavy atom. The number of fused-ring (bicyclic) bond motifs is 1. The summed E-state index contributed by atoms with van der Waals surface area (Å²) in [4.78, 5) is 13.5. The topological polar surface area (TPSA) is 50.4 Å². The number of Topliss-reactive ketones (excluding diaryl/α,β-unsaturated/α-hetero) is 1. The van der Waals surface area contributed by atoms with Crippen molar-refractivity contribution in [2.45, 2.75) is 31.0 Å². The van der Waals surface area contributed by atoms with Gasteiger partial charge in [0.15, 0.2) is 5.78 Å². The fraction of sp³-hybridized carbons (Fsp3) is 0.222. The molecule has 1 aliphatic carbocycles. The van der Waals surface area contributed by atoms with Gasteiger partial charge in [-0.25, -0.2) is 0 Å². The molecule has 3 aromatic rings. The number of allylic oxidation sites excluding steroid dienone is 1. The summed E-state index contributed by atoms with van der Waals surface area (Å²) in [6, 6.07) is 19.7. The molecule has 0 radical (unpaired) electrons. The van der Waals surface area contributed by atoms with Crippen molar-refractivity contribution in [3.8, 4) is 5.75 Å². The third-order valence-electron chi connectivity index (χ3n) is 6.45. The molecule has 0 unspecified atom stereocenters. The number of benzene rings is 3. The Balaban J connectivity index is 1.57. The van der Waals surface area contributed by atoms with Gasteiger partial charge in [0.25, 0.3) is 0 Å². The molecule has 1 aliphatic heterocycles. The summed E-state index contributed by atoms with van der Waals surface area (Å²) in [6.45, 7) is 0. The van der Waals surface area contributed by atoms with Crippen molar-refractivity contribution in [3.63, 3.8) is 0 Å². The average Bonchev–Trinajstić information content (AvgIpc) is 3.00. The first kappa shape index (κ1) is 22.1. The molecule has 0 aromatic heterocycles. The Hall–Kier alpha value is -3.74. The molecule has 2 N–H and O–H groups in total.